The van der Waals surface area contributed by atoms with Gasteiger partial charge in [-0.1, -0.05) is 36.4 Å². The molecule has 0 atom stereocenters. The fourth-order valence-electron chi connectivity index (χ4n) is 2.21. The van der Waals surface area contributed by atoms with Crippen molar-refractivity contribution in [3.05, 3.63) is 70.9 Å². The van der Waals surface area contributed by atoms with Crippen LogP contribution in [0.1, 0.15) is 0 Å². The lowest BCUT2D eigenvalue weighted by Gasteiger charge is -2.02. The van der Waals surface area contributed by atoms with E-state index in [1.54, 1.807) is 19.2 Å². The first kappa shape index (κ1) is 12.4. The van der Waals surface area contributed by atoms with Gasteiger partial charge in [0.05, 0.1) is 16.9 Å². The molecule has 0 aliphatic rings. The molecule has 0 amide bonds. The largest absolute Gasteiger partial charge is 0.385 e. The third-order valence-electron chi connectivity index (χ3n) is 3.27. The number of hydrogen-bond acceptors (Lipinski definition) is 3. The minimum atomic E-state index is -0.0414. The molecule has 0 bridgehead atoms. The number of pyridine rings is 1. The predicted octanol–water partition coefficient (Wildman–Crippen LogP) is 3.30. The van der Waals surface area contributed by atoms with E-state index in [9.17, 15) is 4.79 Å². The molecular formula is C17H14N2O. The van der Waals surface area contributed by atoms with Gasteiger partial charge in [0, 0.05) is 18.0 Å². The molecule has 3 aromatic rings. The van der Waals surface area contributed by atoms with E-state index in [1.165, 1.54) is 0 Å². The van der Waals surface area contributed by atoms with Crippen molar-refractivity contribution in [2.45, 2.75) is 0 Å². The zero-order valence-corrected chi connectivity index (χ0v) is 11.1. The standard InChI is InChI=1S/C17H14N2O/c1-18-16-9-5-3-7-13(17(16)20)15-11-10-12-6-2-4-8-14(12)19-15/h2-11H,1H3,(H,18,20). The Balaban J connectivity index is 2.26. The van der Waals surface area contributed by atoms with Gasteiger partial charge in [-0.25, -0.2) is 4.98 Å². The molecule has 1 N–H and O–H groups in total. The number of nitrogens with one attached hydrogen (secondary N) is 1. The predicted molar refractivity (Wildman–Crippen MR) is 83.0 cm³/mol. The zero-order chi connectivity index (χ0) is 13.9. The number of nitrogens with zero attached hydrogens (tertiary/aromatic N) is 1. The van der Waals surface area contributed by atoms with Crippen LogP contribution in [0.4, 0.5) is 5.69 Å². The van der Waals surface area contributed by atoms with Gasteiger partial charge in [0.1, 0.15) is 0 Å². The third-order valence-corrected chi connectivity index (χ3v) is 3.27. The number of rotatable bonds is 2. The molecule has 0 aliphatic carbocycles. The fourth-order valence-corrected chi connectivity index (χ4v) is 2.21. The maximum atomic E-state index is 12.4. The van der Waals surface area contributed by atoms with Crippen LogP contribution in [-0.2, 0) is 0 Å². The molecule has 0 radical (unpaired) electrons. The molecule has 0 saturated heterocycles. The topological polar surface area (TPSA) is 42.0 Å². The minimum Gasteiger partial charge on any atom is -0.385 e. The Kier molecular flexibility index (Phi) is 3.17. The molecule has 0 unspecified atom stereocenters. The van der Waals surface area contributed by atoms with Gasteiger partial charge in [0.15, 0.2) is 0 Å². The highest BCUT2D eigenvalue weighted by Gasteiger charge is 2.07. The number of benzene rings is 1. The van der Waals surface area contributed by atoms with Crippen molar-refractivity contribution in [1.29, 1.82) is 0 Å². The Hall–Kier alpha value is -2.68. The Labute approximate surface area is 116 Å². The SMILES string of the molecule is CNc1ccccc(-c2ccc3ccccc3n2)c1=O. The first-order valence-corrected chi connectivity index (χ1v) is 6.47. The highest BCUT2D eigenvalue weighted by atomic mass is 16.1. The summed E-state index contributed by atoms with van der Waals surface area (Å²) in [5.41, 5.74) is 2.72. The summed E-state index contributed by atoms with van der Waals surface area (Å²) in [6.07, 6.45) is 0. The van der Waals surface area contributed by atoms with Crippen molar-refractivity contribution in [1.82, 2.24) is 4.98 Å². The number of fused-ring (bicyclic) bond motifs is 1. The highest BCUT2D eigenvalue weighted by Crippen LogP contribution is 2.18. The smallest absolute Gasteiger partial charge is 0.210 e. The average molecular weight is 262 g/mol. The van der Waals surface area contributed by atoms with Gasteiger partial charge in [0.25, 0.3) is 0 Å². The van der Waals surface area contributed by atoms with Gasteiger partial charge in [-0.3, -0.25) is 4.79 Å². The summed E-state index contributed by atoms with van der Waals surface area (Å²) in [7, 11) is 1.74. The van der Waals surface area contributed by atoms with Crippen LogP contribution in [0.3, 0.4) is 0 Å². The molecule has 0 aliphatic heterocycles. The lowest BCUT2D eigenvalue weighted by molar-refractivity contribution is 1.38. The first-order valence-electron chi connectivity index (χ1n) is 6.47. The van der Waals surface area contributed by atoms with Gasteiger partial charge in [-0.05, 0) is 24.3 Å². The maximum Gasteiger partial charge on any atom is 0.210 e. The number of para-hydroxylation sites is 1. The Bertz CT molecular complexity index is 828. The van der Waals surface area contributed by atoms with Crippen LogP contribution in [-0.4, -0.2) is 12.0 Å². The van der Waals surface area contributed by atoms with Crippen molar-refractivity contribution >= 4 is 16.6 Å². The number of aromatic nitrogens is 1. The number of anilines is 1. The maximum absolute atomic E-state index is 12.4. The van der Waals surface area contributed by atoms with Crippen molar-refractivity contribution in [2.24, 2.45) is 0 Å². The third kappa shape index (κ3) is 2.14. The van der Waals surface area contributed by atoms with Crippen molar-refractivity contribution in [2.75, 3.05) is 12.4 Å². The van der Waals surface area contributed by atoms with Crippen LogP contribution >= 0.6 is 0 Å². The molecule has 0 fully saturated rings. The van der Waals surface area contributed by atoms with Crippen LogP contribution < -0.4 is 10.7 Å². The minimum absolute atomic E-state index is 0.0414. The van der Waals surface area contributed by atoms with Gasteiger partial charge in [-0.15, -0.1) is 0 Å². The Morgan fingerprint density at radius 3 is 2.50 bits per heavy atom. The summed E-state index contributed by atoms with van der Waals surface area (Å²) in [5.74, 6) is 0. The van der Waals surface area contributed by atoms with Gasteiger partial charge >= 0.3 is 0 Å². The van der Waals surface area contributed by atoms with E-state index < -0.39 is 0 Å². The van der Waals surface area contributed by atoms with Crippen LogP contribution in [0.2, 0.25) is 0 Å². The Morgan fingerprint density at radius 1 is 0.900 bits per heavy atom. The van der Waals surface area contributed by atoms with Crippen molar-refractivity contribution in [3.63, 3.8) is 0 Å². The van der Waals surface area contributed by atoms with E-state index in [4.69, 9.17) is 0 Å². The van der Waals surface area contributed by atoms with Crippen LogP contribution in [0.5, 0.6) is 0 Å². The lowest BCUT2D eigenvalue weighted by atomic mass is 10.1. The molecule has 0 saturated carbocycles. The molecule has 3 nitrogen and oxygen atoms in total. The monoisotopic (exact) mass is 262 g/mol. The molecule has 20 heavy (non-hydrogen) atoms. The van der Waals surface area contributed by atoms with E-state index in [2.05, 4.69) is 10.3 Å². The first-order chi connectivity index (χ1) is 9.79. The van der Waals surface area contributed by atoms with Crippen molar-refractivity contribution < 1.29 is 0 Å². The van der Waals surface area contributed by atoms with E-state index in [0.717, 1.165) is 10.9 Å². The summed E-state index contributed by atoms with van der Waals surface area (Å²) in [6.45, 7) is 0. The van der Waals surface area contributed by atoms with Gasteiger partial charge < -0.3 is 5.32 Å². The summed E-state index contributed by atoms with van der Waals surface area (Å²) in [6, 6.07) is 19.0. The summed E-state index contributed by atoms with van der Waals surface area (Å²) in [5, 5.41) is 3.99. The molecule has 3 rings (SSSR count). The molecule has 0 spiro atoms. The van der Waals surface area contributed by atoms with Gasteiger partial charge in [-0.2, -0.15) is 0 Å². The highest BCUT2D eigenvalue weighted by molar-refractivity contribution is 5.81. The summed E-state index contributed by atoms with van der Waals surface area (Å²) < 4.78 is 0. The Morgan fingerprint density at radius 2 is 1.65 bits per heavy atom. The zero-order valence-electron chi connectivity index (χ0n) is 11.1. The normalized spacial score (nSPS) is 10.4. The molecule has 1 heterocycles. The quantitative estimate of drug-likeness (QED) is 0.770. The van der Waals surface area contributed by atoms with Crippen LogP contribution in [0.25, 0.3) is 22.2 Å². The van der Waals surface area contributed by atoms with E-state index in [-0.39, 0.29) is 5.43 Å². The summed E-state index contributed by atoms with van der Waals surface area (Å²) in [4.78, 5) is 17.0. The number of hydrogen-bond donors (Lipinski definition) is 1. The van der Waals surface area contributed by atoms with E-state index in [0.29, 0.717) is 16.9 Å². The van der Waals surface area contributed by atoms with E-state index in [1.807, 2.05) is 48.5 Å². The molecule has 98 valence electrons. The van der Waals surface area contributed by atoms with E-state index >= 15 is 0 Å². The molecule has 2 aromatic carbocycles. The fraction of sp³-hybridized carbons (Fsp3) is 0.0588. The molecule has 3 heteroatoms. The lowest BCUT2D eigenvalue weighted by Crippen LogP contribution is -2.08. The second kappa shape index (κ2) is 5.13. The second-order valence-corrected chi connectivity index (χ2v) is 4.51. The van der Waals surface area contributed by atoms with Gasteiger partial charge in [0.2, 0.25) is 5.43 Å². The van der Waals surface area contributed by atoms with Crippen molar-refractivity contribution in [3.8, 4) is 11.3 Å². The summed E-state index contributed by atoms with van der Waals surface area (Å²) >= 11 is 0. The molecular weight excluding hydrogens is 248 g/mol. The van der Waals surface area contributed by atoms with Crippen LogP contribution in [0, 0.1) is 0 Å². The van der Waals surface area contributed by atoms with Crippen LogP contribution in [0.15, 0.2) is 65.5 Å². The average Bonchev–Trinajstić information content (AvgIpc) is 2.68. The second-order valence-electron chi connectivity index (χ2n) is 4.51. The molecule has 1 aromatic heterocycles.